The Morgan fingerprint density at radius 2 is 1.82 bits per heavy atom. The second-order valence-electron chi connectivity index (χ2n) is 4.88. The molecule has 1 aromatic heterocycles. The summed E-state index contributed by atoms with van der Waals surface area (Å²) < 4.78 is 6.36. The second kappa shape index (κ2) is 6.65. The van der Waals surface area contributed by atoms with Crippen LogP contribution in [-0.4, -0.2) is 12.2 Å². The van der Waals surface area contributed by atoms with E-state index in [9.17, 15) is 5.11 Å². The van der Waals surface area contributed by atoms with Crippen LogP contribution in [0.1, 0.15) is 5.56 Å². The molecule has 0 atom stereocenters. The molecule has 0 saturated carbocycles. The minimum Gasteiger partial charge on any atom is -0.497 e. The van der Waals surface area contributed by atoms with Crippen molar-refractivity contribution < 1.29 is 9.84 Å². The lowest BCUT2D eigenvalue weighted by Gasteiger charge is -2.03. The molecule has 0 saturated heterocycles. The van der Waals surface area contributed by atoms with Gasteiger partial charge in [0.1, 0.15) is 5.75 Å². The summed E-state index contributed by atoms with van der Waals surface area (Å²) in [6.07, 6.45) is 0. The predicted molar refractivity (Wildman–Crippen MR) is 95.4 cm³/mol. The van der Waals surface area contributed by atoms with Crippen LogP contribution in [0.5, 0.6) is 5.75 Å². The maximum Gasteiger partial charge on any atom is 0.119 e. The lowest BCUT2D eigenvalue weighted by Crippen LogP contribution is -1.82. The van der Waals surface area contributed by atoms with E-state index in [0.717, 1.165) is 26.9 Å². The summed E-state index contributed by atoms with van der Waals surface area (Å²) in [6, 6.07) is 18.1. The number of thiophene rings is 1. The number of ether oxygens (including phenoxy) is 1. The number of rotatable bonds is 4. The summed E-state index contributed by atoms with van der Waals surface area (Å²) in [5.41, 5.74) is 3.16. The normalized spacial score (nSPS) is 10.7. The minimum atomic E-state index is 0.0587. The smallest absolute Gasteiger partial charge is 0.119 e. The molecule has 2 nitrogen and oxygen atoms in total. The Hall–Kier alpha value is -1.62. The summed E-state index contributed by atoms with van der Waals surface area (Å²) >= 11 is 5.37. The van der Waals surface area contributed by atoms with Crippen molar-refractivity contribution in [2.45, 2.75) is 6.61 Å². The van der Waals surface area contributed by atoms with E-state index in [0.29, 0.717) is 0 Å². The minimum absolute atomic E-state index is 0.0587. The first kappa shape index (κ1) is 15.3. The van der Waals surface area contributed by atoms with Crippen molar-refractivity contribution in [2.75, 3.05) is 7.11 Å². The molecule has 0 aliphatic rings. The molecule has 22 heavy (non-hydrogen) atoms. The van der Waals surface area contributed by atoms with Gasteiger partial charge < -0.3 is 9.84 Å². The molecule has 1 N–H and O–H groups in total. The highest BCUT2D eigenvalue weighted by atomic mass is 79.9. The van der Waals surface area contributed by atoms with E-state index in [2.05, 4.69) is 34.1 Å². The van der Waals surface area contributed by atoms with E-state index < -0.39 is 0 Å². The van der Waals surface area contributed by atoms with Crippen molar-refractivity contribution in [2.24, 2.45) is 0 Å². The third kappa shape index (κ3) is 3.09. The first-order chi connectivity index (χ1) is 10.7. The van der Waals surface area contributed by atoms with E-state index in [1.807, 2.05) is 36.4 Å². The Labute approximate surface area is 142 Å². The number of aliphatic hydroxyl groups excluding tert-OH is 1. The molecule has 0 fully saturated rings. The molecule has 0 radical (unpaired) electrons. The quantitative estimate of drug-likeness (QED) is 0.667. The lowest BCUT2D eigenvalue weighted by molar-refractivity contribution is 0.282. The largest absolute Gasteiger partial charge is 0.497 e. The van der Waals surface area contributed by atoms with Crippen LogP contribution in [0.2, 0.25) is 0 Å². The van der Waals surface area contributed by atoms with Crippen molar-refractivity contribution in [3.8, 4) is 26.6 Å². The first-order valence-electron chi connectivity index (χ1n) is 6.85. The van der Waals surface area contributed by atoms with Gasteiger partial charge in [0.25, 0.3) is 0 Å². The zero-order valence-electron chi connectivity index (χ0n) is 12.0. The molecule has 0 spiro atoms. The maximum atomic E-state index is 9.28. The van der Waals surface area contributed by atoms with Gasteiger partial charge in [-0.3, -0.25) is 0 Å². The van der Waals surface area contributed by atoms with Gasteiger partial charge >= 0.3 is 0 Å². The van der Waals surface area contributed by atoms with E-state index in [1.54, 1.807) is 18.4 Å². The van der Waals surface area contributed by atoms with Gasteiger partial charge in [-0.15, -0.1) is 11.3 Å². The van der Waals surface area contributed by atoms with Crippen molar-refractivity contribution in [3.05, 3.63) is 64.6 Å². The predicted octanol–water partition coefficient (Wildman–Crippen LogP) is 5.35. The maximum absolute atomic E-state index is 9.28. The molecule has 0 aliphatic heterocycles. The SMILES string of the molecule is COc1cccc(-c2sc(-c3cccc(CO)c3)cc2Br)c1. The Balaban J connectivity index is 2.03. The Bertz CT molecular complexity index is 795. The van der Waals surface area contributed by atoms with Crippen LogP contribution in [0.25, 0.3) is 20.9 Å². The summed E-state index contributed by atoms with van der Waals surface area (Å²) in [5.74, 6) is 0.849. The average molecular weight is 375 g/mol. The van der Waals surface area contributed by atoms with Crippen LogP contribution in [0.3, 0.4) is 0 Å². The highest BCUT2D eigenvalue weighted by Crippen LogP contribution is 2.41. The second-order valence-corrected chi connectivity index (χ2v) is 6.78. The molecule has 0 unspecified atom stereocenters. The zero-order chi connectivity index (χ0) is 15.5. The first-order valence-corrected chi connectivity index (χ1v) is 8.46. The molecule has 3 rings (SSSR count). The van der Waals surface area contributed by atoms with E-state index in [-0.39, 0.29) is 6.61 Å². The van der Waals surface area contributed by atoms with Crippen LogP contribution in [-0.2, 0) is 6.61 Å². The van der Waals surface area contributed by atoms with Gasteiger partial charge in [-0.1, -0.05) is 30.3 Å². The van der Waals surface area contributed by atoms with E-state index in [1.165, 1.54) is 9.75 Å². The molecule has 112 valence electrons. The van der Waals surface area contributed by atoms with Crippen molar-refractivity contribution in [3.63, 3.8) is 0 Å². The fourth-order valence-electron chi connectivity index (χ4n) is 2.30. The van der Waals surface area contributed by atoms with Gasteiger partial charge in [-0.05, 0) is 56.9 Å². The molecule has 1 heterocycles. The Morgan fingerprint density at radius 3 is 2.59 bits per heavy atom. The van der Waals surface area contributed by atoms with E-state index >= 15 is 0 Å². The fourth-order valence-corrected chi connectivity index (χ4v) is 4.19. The molecule has 3 aromatic rings. The topological polar surface area (TPSA) is 29.5 Å². The molecule has 0 amide bonds. The van der Waals surface area contributed by atoms with Gasteiger partial charge in [-0.25, -0.2) is 0 Å². The number of aliphatic hydroxyl groups is 1. The van der Waals surface area contributed by atoms with Gasteiger partial charge in [0.15, 0.2) is 0 Å². The van der Waals surface area contributed by atoms with Crippen LogP contribution in [0.4, 0.5) is 0 Å². The highest BCUT2D eigenvalue weighted by Gasteiger charge is 2.11. The van der Waals surface area contributed by atoms with Gasteiger partial charge in [-0.2, -0.15) is 0 Å². The number of hydrogen-bond donors (Lipinski definition) is 1. The summed E-state index contributed by atoms with van der Waals surface area (Å²) in [4.78, 5) is 2.34. The number of methoxy groups -OCH3 is 1. The molecule has 0 bridgehead atoms. The molecule has 0 aliphatic carbocycles. The van der Waals surface area contributed by atoms with Crippen LogP contribution in [0, 0.1) is 0 Å². The number of halogens is 1. The van der Waals surface area contributed by atoms with Gasteiger partial charge in [0.2, 0.25) is 0 Å². The summed E-state index contributed by atoms with van der Waals surface area (Å²) in [5, 5.41) is 9.28. The Morgan fingerprint density at radius 1 is 1.05 bits per heavy atom. The number of hydrogen-bond acceptors (Lipinski definition) is 3. The van der Waals surface area contributed by atoms with Crippen LogP contribution in [0.15, 0.2) is 59.1 Å². The van der Waals surface area contributed by atoms with Crippen LogP contribution >= 0.6 is 27.3 Å². The van der Waals surface area contributed by atoms with Gasteiger partial charge in [0.05, 0.1) is 13.7 Å². The monoisotopic (exact) mass is 374 g/mol. The summed E-state index contributed by atoms with van der Waals surface area (Å²) in [7, 11) is 1.67. The van der Waals surface area contributed by atoms with Crippen molar-refractivity contribution >= 4 is 27.3 Å². The van der Waals surface area contributed by atoms with Crippen molar-refractivity contribution in [1.82, 2.24) is 0 Å². The molecule has 2 aromatic carbocycles. The third-order valence-corrected chi connectivity index (χ3v) is 5.53. The van der Waals surface area contributed by atoms with Crippen molar-refractivity contribution in [1.29, 1.82) is 0 Å². The highest BCUT2D eigenvalue weighted by molar-refractivity contribution is 9.10. The average Bonchev–Trinajstić information content (AvgIpc) is 2.97. The van der Waals surface area contributed by atoms with Gasteiger partial charge in [0, 0.05) is 14.2 Å². The third-order valence-electron chi connectivity index (χ3n) is 3.41. The Kier molecular flexibility index (Phi) is 4.62. The lowest BCUT2D eigenvalue weighted by atomic mass is 10.1. The zero-order valence-corrected chi connectivity index (χ0v) is 14.4. The fraction of sp³-hybridized carbons (Fsp3) is 0.111. The number of benzene rings is 2. The molecular weight excluding hydrogens is 360 g/mol. The summed E-state index contributed by atoms with van der Waals surface area (Å²) in [6.45, 7) is 0.0587. The molecule has 4 heteroatoms. The van der Waals surface area contributed by atoms with Crippen LogP contribution < -0.4 is 4.74 Å². The molecular formula is C18H15BrO2S. The standard InChI is InChI=1S/C18H15BrO2S/c1-21-15-7-3-6-14(9-15)18-16(19)10-17(22-18)13-5-2-4-12(8-13)11-20/h2-10,20H,11H2,1H3. The van der Waals surface area contributed by atoms with E-state index in [4.69, 9.17) is 4.74 Å².